The fourth-order valence-corrected chi connectivity index (χ4v) is 20.0. The molecular formula is C122H87BN2O5. The summed E-state index contributed by atoms with van der Waals surface area (Å²) < 4.78 is 12.5. The number of hydrogen-bond donors (Lipinski definition) is 1. The molecule has 0 bridgehead atoms. The van der Waals surface area contributed by atoms with Crippen molar-refractivity contribution in [2.75, 3.05) is 9.80 Å². The van der Waals surface area contributed by atoms with Crippen LogP contribution in [0.4, 0.5) is 34.1 Å². The molecule has 618 valence electrons. The van der Waals surface area contributed by atoms with Gasteiger partial charge in [0.15, 0.2) is 0 Å². The monoisotopic (exact) mass is 1670 g/mol. The number of fused-ring (bicyclic) bond motifs is 12. The molecule has 0 amide bonds. The second-order valence-electron chi connectivity index (χ2n) is 32.7. The summed E-state index contributed by atoms with van der Waals surface area (Å²) in [6.07, 6.45) is 0. The van der Waals surface area contributed by atoms with E-state index in [-0.39, 0.29) is 16.7 Å². The first-order valence-electron chi connectivity index (χ1n) is 43.6. The van der Waals surface area contributed by atoms with E-state index in [1.54, 1.807) is 0 Å². The second-order valence-corrected chi connectivity index (χ2v) is 32.7. The van der Waals surface area contributed by atoms with Crippen LogP contribution < -0.4 is 15.3 Å². The van der Waals surface area contributed by atoms with Crippen molar-refractivity contribution in [2.24, 2.45) is 0 Å². The number of phenolic OH excluding ortho intramolecular Hbond substituents is 1. The number of furan rings is 2. The minimum atomic E-state index is -0.700. The number of para-hydroxylation sites is 4. The Balaban J connectivity index is 0.000000141. The van der Waals surface area contributed by atoms with Gasteiger partial charge in [0, 0.05) is 66.5 Å². The van der Waals surface area contributed by atoms with E-state index in [0.29, 0.717) is 5.46 Å². The third-order valence-corrected chi connectivity index (χ3v) is 25.7. The lowest BCUT2D eigenvalue weighted by molar-refractivity contribution is 0.477. The number of nitrogens with zero attached hydrogens (tertiary/aromatic N) is 2. The molecule has 0 fully saturated rings. The van der Waals surface area contributed by atoms with E-state index < -0.39 is 10.8 Å². The smallest absolute Gasteiger partial charge is 0.143 e. The van der Waals surface area contributed by atoms with Gasteiger partial charge in [-0.2, -0.15) is 0 Å². The van der Waals surface area contributed by atoms with Gasteiger partial charge in [0.25, 0.3) is 0 Å². The van der Waals surface area contributed by atoms with Gasteiger partial charge in [0.2, 0.25) is 0 Å². The maximum atomic E-state index is 11.9. The normalized spacial score (nSPS) is 12.2. The Bertz CT molecular complexity index is 7530. The van der Waals surface area contributed by atoms with Gasteiger partial charge in [-0.15, -0.1) is 0 Å². The Kier molecular flexibility index (Phi) is 22.0. The van der Waals surface area contributed by atoms with Gasteiger partial charge in [-0.25, -0.2) is 0 Å². The van der Waals surface area contributed by atoms with Crippen molar-refractivity contribution in [1.29, 1.82) is 0 Å². The zero-order valence-corrected chi connectivity index (χ0v) is 71.1. The summed E-state index contributed by atoms with van der Waals surface area (Å²) in [5, 5.41) is 16.3. The molecule has 0 saturated heterocycles. The molecule has 2 aromatic heterocycles. The summed E-state index contributed by atoms with van der Waals surface area (Å²) in [7, 11) is 5.83. The SMILES string of the molecule is O.O.Oc1ccc(N(c2ccc(-c3ccccc3)cc2)c2ccc(-c3ccccc3)cc2)c2c1-c1ccccc1C2(c1ccccc1)c1ccccc1.[B]c1cccc2c1oc1ccccc12.c1ccc(-c2ccc(N(c3ccc(-c4ccccc4)cc3)c3ccc(-c4cccc5c4oc4ccccc45)c4c3C(c3ccccc3)(c3ccccc3)c3ccccc3-4)cc2)cc1. The summed E-state index contributed by atoms with van der Waals surface area (Å²) in [5.74, 6) is 0.272. The van der Waals surface area contributed by atoms with Gasteiger partial charge in [0.05, 0.1) is 22.2 Å². The molecule has 0 aliphatic heterocycles. The molecular weight excluding hydrogens is 1580 g/mol. The highest BCUT2D eigenvalue weighted by Crippen LogP contribution is 2.65. The number of phenols is 1. The molecule has 0 unspecified atom stereocenters. The number of hydrogen-bond acceptors (Lipinski definition) is 5. The zero-order valence-electron chi connectivity index (χ0n) is 71.1. The lowest BCUT2D eigenvalue weighted by Crippen LogP contribution is -2.30. The summed E-state index contributed by atoms with van der Waals surface area (Å²) in [6, 6.07) is 177. The quantitative estimate of drug-likeness (QED) is 0.103. The first-order valence-corrected chi connectivity index (χ1v) is 43.6. The van der Waals surface area contributed by atoms with Crippen LogP contribution in [0.5, 0.6) is 5.75 Å². The first-order chi connectivity index (χ1) is 63.4. The number of benzene rings is 20. The van der Waals surface area contributed by atoms with Crippen LogP contribution in [0.25, 0.3) is 122 Å². The lowest BCUT2D eigenvalue weighted by atomic mass is 9.67. The van der Waals surface area contributed by atoms with Crippen molar-refractivity contribution < 1.29 is 24.9 Å². The molecule has 0 saturated carbocycles. The topological polar surface area (TPSA) is 116 Å². The van der Waals surface area contributed by atoms with Crippen molar-refractivity contribution in [3.05, 3.63) is 542 Å². The molecule has 20 aromatic carbocycles. The molecule has 130 heavy (non-hydrogen) atoms. The van der Waals surface area contributed by atoms with E-state index >= 15 is 0 Å². The van der Waals surface area contributed by atoms with Gasteiger partial charge < -0.3 is 34.7 Å². The van der Waals surface area contributed by atoms with E-state index in [2.05, 4.69) is 447 Å². The highest BCUT2D eigenvalue weighted by atomic mass is 16.3. The van der Waals surface area contributed by atoms with Crippen LogP contribution in [0.3, 0.4) is 0 Å². The van der Waals surface area contributed by atoms with Crippen LogP contribution >= 0.6 is 0 Å². The van der Waals surface area contributed by atoms with Gasteiger partial charge in [-0.05, 0) is 179 Å². The average molecular weight is 1670 g/mol. The zero-order chi connectivity index (χ0) is 85.5. The maximum absolute atomic E-state index is 11.9. The third kappa shape index (κ3) is 14.2. The van der Waals surface area contributed by atoms with E-state index in [9.17, 15) is 5.11 Å². The second kappa shape index (κ2) is 35.1. The predicted octanol–water partition coefficient (Wildman–Crippen LogP) is 29.7. The average Bonchev–Trinajstić information content (AvgIpc) is 1.52. The van der Waals surface area contributed by atoms with Crippen molar-refractivity contribution >= 4 is 91.3 Å². The third-order valence-electron chi connectivity index (χ3n) is 25.7. The van der Waals surface area contributed by atoms with E-state index in [4.69, 9.17) is 16.7 Å². The van der Waals surface area contributed by atoms with Gasteiger partial charge in [-0.3, -0.25) is 0 Å². The van der Waals surface area contributed by atoms with Gasteiger partial charge in [-0.1, -0.05) is 424 Å². The van der Waals surface area contributed by atoms with Crippen LogP contribution in [0.2, 0.25) is 0 Å². The van der Waals surface area contributed by atoms with Crippen LogP contribution in [-0.2, 0) is 10.8 Å². The molecule has 7 nitrogen and oxygen atoms in total. The molecule has 2 heterocycles. The molecule has 2 radical (unpaired) electrons. The van der Waals surface area contributed by atoms with Gasteiger partial charge >= 0.3 is 0 Å². The Labute approximate surface area is 757 Å². The Morgan fingerprint density at radius 3 is 0.877 bits per heavy atom. The number of aromatic hydroxyl groups is 1. The fraction of sp³-hybridized carbons (Fsp3) is 0.0164. The van der Waals surface area contributed by atoms with Crippen molar-refractivity contribution in [1.82, 2.24) is 0 Å². The van der Waals surface area contributed by atoms with Crippen LogP contribution in [-0.4, -0.2) is 23.9 Å². The maximum Gasteiger partial charge on any atom is 0.143 e. The molecule has 22 aromatic rings. The van der Waals surface area contributed by atoms with E-state index in [0.717, 1.165) is 134 Å². The molecule has 2 aliphatic rings. The summed E-state index contributed by atoms with van der Waals surface area (Å²) >= 11 is 0. The van der Waals surface area contributed by atoms with Crippen LogP contribution in [0.1, 0.15) is 44.5 Å². The fourth-order valence-electron chi connectivity index (χ4n) is 20.0. The van der Waals surface area contributed by atoms with Crippen molar-refractivity contribution in [3.63, 3.8) is 0 Å². The molecule has 0 atom stereocenters. The van der Waals surface area contributed by atoms with Gasteiger partial charge in [0.1, 0.15) is 35.9 Å². The van der Waals surface area contributed by atoms with Crippen LogP contribution in [0, 0.1) is 0 Å². The van der Waals surface area contributed by atoms with Crippen LogP contribution in [0.15, 0.2) is 506 Å². The van der Waals surface area contributed by atoms with E-state index in [1.807, 2.05) is 60.7 Å². The highest BCUT2D eigenvalue weighted by molar-refractivity contribution is 6.39. The molecule has 0 spiro atoms. The summed E-state index contributed by atoms with van der Waals surface area (Å²) in [6.45, 7) is 0. The minimum absolute atomic E-state index is 0. The Hall–Kier alpha value is -16.6. The lowest BCUT2D eigenvalue weighted by Gasteiger charge is -2.38. The minimum Gasteiger partial charge on any atom is -0.507 e. The Morgan fingerprint density at radius 2 is 0.492 bits per heavy atom. The largest absolute Gasteiger partial charge is 0.507 e. The highest BCUT2D eigenvalue weighted by Gasteiger charge is 2.52. The standard InChI is InChI=1S/C61H41NO.C49H35NO.C12H7BO.2H2O/c1-5-18-42(19-6-1)44-32-36-48(37-33-44)62(49-38-34-45(35-39-49)43-20-7-2-8-21-43)56-41-40-51(53-29-17-28-52-50-26-14-16-31-57(50)63-60(52)53)58-54-27-13-15-30-55(54)61(59(56)58,46-22-9-3-10-23-46)47-24-11-4-12-25-47;51-46-34-33-45(48-47(46)43-23-13-14-24-44(43)49(48,39-19-9-3-10-20-39)40-21-11-4-12-22-40)50(41-29-25-37(26-30-41)35-15-5-1-6-16-35)42-31-27-38(28-32-42)36-17-7-2-8-18-36;13-10-6-3-5-9-8-4-1-2-7-11(8)14-12(9)10;;/h1-41H;1-34,51H;1-7H;2*1H2. The summed E-state index contributed by atoms with van der Waals surface area (Å²) in [5.41, 5.74) is 34.4. The Morgan fingerprint density at radius 1 is 0.215 bits per heavy atom. The number of anilines is 6. The molecule has 2 aliphatic carbocycles. The molecule has 8 heteroatoms. The number of rotatable bonds is 15. The van der Waals surface area contributed by atoms with E-state index in [1.165, 1.54) is 66.8 Å². The molecule has 5 N–H and O–H groups in total. The summed E-state index contributed by atoms with van der Waals surface area (Å²) in [4.78, 5) is 4.83. The van der Waals surface area contributed by atoms with Crippen molar-refractivity contribution in [2.45, 2.75) is 10.8 Å². The van der Waals surface area contributed by atoms with Crippen molar-refractivity contribution in [3.8, 4) is 83.6 Å². The predicted molar refractivity (Wildman–Crippen MR) is 539 cm³/mol. The molecule has 24 rings (SSSR count). The first kappa shape index (κ1) is 81.7.